The summed E-state index contributed by atoms with van der Waals surface area (Å²) in [5.74, 6) is -0.554. The normalized spacial score (nSPS) is 11.2. The van der Waals surface area contributed by atoms with Gasteiger partial charge in [-0.1, -0.05) is 37.0 Å². The monoisotopic (exact) mass is 408 g/mol. The lowest BCUT2D eigenvalue weighted by Gasteiger charge is -2.27. The number of halogens is 2. The van der Waals surface area contributed by atoms with Crippen LogP contribution in [0.3, 0.4) is 0 Å². The standard InChI is InChI=1S/C21H22Cl2O4/c1-5-21(6-2,19(24)26-17-9-7-15(22)11-13(17)3)20(25)27-18-10-8-16(23)12-14(18)4/h7-12H,5-6H2,1-4H3. The van der Waals surface area contributed by atoms with Crippen molar-refractivity contribution < 1.29 is 19.1 Å². The van der Waals surface area contributed by atoms with Crippen LogP contribution in [-0.4, -0.2) is 11.9 Å². The van der Waals surface area contributed by atoms with Crippen molar-refractivity contribution >= 4 is 35.1 Å². The van der Waals surface area contributed by atoms with Crippen LogP contribution in [0.5, 0.6) is 11.5 Å². The highest BCUT2D eigenvalue weighted by Crippen LogP contribution is 2.34. The Morgan fingerprint density at radius 3 is 1.48 bits per heavy atom. The fourth-order valence-corrected chi connectivity index (χ4v) is 3.21. The summed E-state index contributed by atoms with van der Waals surface area (Å²) in [6, 6.07) is 9.87. The van der Waals surface area contributed by atoms with Gasteiger partial charge in [0.05, 0.1) is 0 Å². The van der Waals surface area contributed by atoms with Gasteiger partial charge in [-0.25, -0.2) is 0 Å². The first-order chi connectivity index (χ1) is 12.7. The van der Waals surface area contributed by atoms with Crippen molar-refractivity contribution in [2.75, 3.05) is 0 Å². The number of rotatable bonds is 6. The average molecular weight is 409 g/mol. The summed E-state index contributed by atoms with van der Waals surface area (Å²) in [6.45, 7) is 7.08. The molecule has 0 atom stereocenters. The molecule has 0 aliphatic carbocycles. The van der Waals surface area contributed by atoms with Gasteiger partial charge < -0.3 is 9.47 Å². The molecule has 27 heavy (non-hydrogen) atoms. The van der Waals surface area contributed by atoms with E-state index in [0.717, 1.165) is 0 Å². The third-order valence-corrected chi connectivity index (χ3v) is 5.14. The first-order valence-corrected chi connectivity index (χ1v) is 9.46. The maximum atomic E-state index is 12.9. The molecule has 0 saturated heterocycles. The zero-order chi connectivity index (χ0) is 20.2. The topological polar surface area (TPSA) is 52.6 Å². The zero-order valence-electron chi connectivity index (χ0n) is 15.8. The van der Waals surface area contributed by atoms with Crippen molar-refractivity contribution in [1.29, 1.82) is 0 Å². The fraction of sp³-hybridized carbons (Fsp3) is 0.333. The van der Waals surface area contributed by atoms with Crippen molar-refractivity contribution in [2.45, 2.75) is 40.5 Å². The Kier molecular flexibility index (Phi) is 6.90. The molecule has 2 aromatic rings. The number of aryl methyl sites for hydroxylation is 2. The molecule has 0 saturated carbocycles. The Morgan fingerprint density at radius 1 is 0.815 bits per heavy atom. The largest absolute Gasteiger partial charge is 0.425 e. The van der Waals surface area contributed by atoms with Crippen LogP contribution < -0.4 is 9.47 Å². The van der Waals surface area contributed by atoms with Gasteiger partial charge in [-0.15, -0.1) is 0 Å². The molecule has 0 unspecified atom stereocenters. The molecule has 4 nitrogen and oxygen atoms in total. The molecule has 0 fully saturated rings. The Bertz CT molecular complexity index is 790. The van der Waals surface area contributed by atoms with E-state index in [9.17, 15) is 9.59 Å². The van der Waals surface area contributed by atoms with Gasteiger partial charge in [0.2, 0.25) is 0 Å². The summed E-state index contributed by atoms with van der Waals surface area (Å²) in [7, 11) is 0. The van der Waals surface area contributed by atoms with Crippen LogP contribution in [0.4, 0.5) is 0 Å². The lowest BCUT2D eigenvalue weighted by Crippen LogP contribution is -2.44. The molecule has 6 heteroatoms. The summed E-state index contributed by atoms with van der Waals surface area (Å²) in [5.41, 5.74) is 0.00996. The maximum absolute atomic E-state index is 12.9. The maximum Gasteiger partial charge on any atom is 0.328 e. The van der Waals surface area contributed by atoms with Gasteiger partial charge in [-0.05, 0) is 74.2 Å². The predicted molar refractivity (Wildman–Crippen MR) is 107 cm³/mol. The fourth-order valence-electron chi connectivity index (χ4n) is 2.76. The number of carbonyl (C=O) groups excluding carboxylic acids is 2. The molecule has 0 aliphatic heterocycles. The Labute approximate surface area is 169 Å². The Balaban J connectivity index is 2.29. The molecule has 144 valence electrons. The van der Waals surface area contributed by atoms with Gasteiger partial charge in [0.15, 0.2) is 5.41 Å². The van der Waals surface area contributed by atoms with Crippen LogP contribution in [-0.2, 0) is 9.59 Å². The van der Waals surface area contributed by atoms with Crippen molar-refractivity contribution in [2.24, 2.45) is 5.41 Å². The minimum atomic E-state index is -1.40. The lowest BCUT2D eigenvalue weighted by atomic mass is 9.82. The second-order valence-corrected chi connectivity index (χ2v) is 7.26. The van der Waals surface area contributed by atoms with Gasteiger partial charge in [0, 0.05) is 10.0 Å². The highest BCUT2D eigenvalue weighted by Gasteiger charge is 2.46. The first kappa shape index (κ1) is 21.3. The summed E-state index contributed by atoms with van der Waals surface area (Å²) >= 11 is 11.9. The quantitative estimate of drug-likeness (QED) is 0.337. The van der Waals surface area contributed by atoms with E-state index in [0.29, 0.717) is 32.7 Å². The predicted octanol–water partition coefficient (Wildman–Crippen LogP) is 5.93. The number of benzene rings is 2. The third kappa shape index (κ3) is 4.63. The van der Waals surface area contributed by atoms with Crippen molar-refractivity contribution in [3.05, 3.63) is 57.6 Å². The SMILES string of the molecule is CCC(CC)(C(=O)Oc1ccc(Cl)cc1C)C(=O)Oc1ccc(Cl)cc1C. The molecule has 0 N–H and O–H groups in total. The number of hydrogen-bond acceptors (Lipinski definition) is 4. The molecular weight excluding hydrogens is 387 g/mol. The van der Waals surface area contributed by atoms with E-state index in [1.165, 1.54) is 0 Å². The van der Waals surface area contributed by atoms with Crippen LogP contribution in [0.15, 0.2) is 36.4 Å². The van der Waals surface area contributed by atoms with E-state index in [2.05, 4.69) is 0 Å². The van der Waals surface area contributed by atoms with Gasteiger partial charge in [0.25, 0.3) is 0 Å². The highest BCUT2D eigenvalue weighted by atomic mass is 35.5. The van der Waals surface area contributed by atoms with Gasteiger partial charge in [-0.2, -0.15) is 0 Å². The number of esters is 2. The molecule has 0 aromatic heterocycles. The van der Waals surface area contributed by atoms with E-state index in [1.54, 1.807) is 64.1 Å². The summed E-state index contributed by atoms with van der Waals surface area (Å²) in [5, 5.41) is 1.09. The van der Waals surface area contributed by atoms with Crippen LogP contribution in [0.25, 0.3) is 0 Å². The smallest absolute Gasteiger partial charge is 0.328 e. The minimum Gasteiger partial charge on any atom is -0.425 e. The van der Waals surface area contributed by atoms with Gasteiger partial charge in [0.1, 0.15) is 11.5 Å². The lowest BCUT2D eigenvalue weighted by molar-refractivity contribution is -0.161. The minimum absolute atomic E-state index is 0.250. The summed E-state index contributed by atoms with van der Waals surface area (Å²) in [4.78, 5) is 25.9. The second-order valence-electron chi connectivity index (χ2n) is 6.39. The van der Waals surface area contributed by atoms with Gasteiger partial charge in [-0.3, -0.25) is 9.59 Å². The van der Waals surface area contributed by atoms with Crippen LogP contribution >= 0.6 is 23.2 Å². The zero-order valence-corrected chi connectivity index (χ0v) is 17.3. The van der Waals surface area contributed by atoms with Crippen LogP contribution in [0, 0.1) is 19.3 Å². The van der Waals surface area contributed by atoms with E-state index in [-0.39, 0.29) is 12.8 Å². The first-order valence-electron chi connectivity index (χ1n) is 8.70. The molecule has 0 heterocycles. The average Bonchev–Trinajstić information content (AvgIpc) is 2.61. The van der Waals surface area contributed by atoms with E-state index >= 15 is 0 Å². The Hall–Kier alpha value is -2.04. The van der Waals surface area contributed by atoms with Crippen molar-refractivity contribution in [1.82, 2.24) is 0 Å². The number of hydrogen-bond donors (Lipinski definition) is 0. The summed E-state index contributed by atoms with van der Waals surface area (Å²) < 4.78 is 11.1. The summed E-state index contributed by atoms with van der Waals surface area (Å²) in [6.07, 6.45) is 0.501. The second kappa shape index (κ2) is 8.77. The molecule has 2 rings (SSSR count). The van der Waals surface area contributed by atoms with E-state index in [4.69, 9.17) is 32.7 Å². The van der Waals surface area contributed by atoms with E-state index < -0.39 is 17.4 Å². The third-order valence-electron chi connectivity index (χ3n) is 4.67. The molecule has 0 radical (unpaired) electrons. The Morgan fingerprint density at radius 2 is 1.19 bits per heavy atom. The molecule has 0 bridgehead atoms. The van der Waals surface area contributed by atoms with Crippen molar-refractivity contribution in [3.8, 4) is 11.5 Å². The molecule has 0 amide bonds. The van der Waals surface area contributed by atoms with Crippen molar-refractivity contribution in [3.63, 3.8) is 0 Å². The number of carbonyl (C=O) groups is 2. The van der Waals surface area contributed by atoms with Crippen LogP contribution in [0.1, 0.15) is 37.8 Å². The molecule has 0 aliphatic rings. The van der Waals surface area contributed by atoms with Crippen LogP contribution in [0.2, 0.25) is 10.0 Å². The molecular formula is C21H22Cl2O4. The van der Waals surface area contributed by atoms with Gasteiger partial charge >= 0.3 is 11.9 Å². The van der Waals surface area contributed by atoms with E-state index in [1.807, 2.05) is 0 Å². The molecule has 0 spiro atoms. The highest BCUT2D eigenvalue weighted by molar-refractivity contribution is 6.31. The number of ether oxygens (including phenoxy) is 2. The molecule has 2 aromatic carbocycles.